The summed E-state index contributed by atoms with van der Waals surface area (Å²) < 4.78 is 6.93. The number of ether oxygens (including phenoxy) is 1. The van der Waals surface area contributed by atoms with Crippen LogP contribution in [-0.2, 0) is 4.74 Å². The van der Waals surface area contributed by atoms with E-state index >= 15 is 0 Å². The zero-order valence-electron chi connectivity index (χ0n) is 12.1. The van der Waals surface area contributed by atoms with Crippen molar-refractivity contribution in [1.82, 2.24) is 0 Å². The monoisotopic (exact) mass is 336 g/mol. The van der Waals surface area contributed by atoms with Crippen LogP contribution in [0.25, 0.3) is 0 Å². The van der Waals surface area contributed by atoms with Crippen LogP contribution in [0, 0.1) is 11.3 Å². The van der Waals surface area contributed by atoms with E-state index in [0.717, 1.165) is 42.5 Å². The molecule has 1 aromatic carbocycles. The molecule has 108 valence electrons. The Balaban J connectivity index is 2.12. The van der Waals surface area contributed by atoms with E-state index < -0.39 is 0 Å². The summed E-state index contributed by atoms with van der Waals surface area (Å²) in [6, 6.07) is 8.42. The van der Waals surface area contributed by atoms with Gasteiger partial charge in [-0.15, -0.1) is 0 Å². The number of benzene rings is 1. The molecule has 1 fully saturated rings. The molecule has 4 heteroatoms. The van der Waals surface area contributed by atoms with Crippen molar-refractivity contribution in [3.05, 3.63) is 28.2 Å². The summed E-state index contributed by atoms with van der Waals surface area (Å²) in [4.78, 5) is 0. The van der Waals surface area contributed by atoms with Gasteiger partial charge in [-0.1, -0.05) is 29.8 Å². The van der Waals surface area contributed by atoms with Crippen LogP contribution in [-0.4, -0.2) is 18.2 Å². The van der Waals surface area contributed by atoms with E-state index in [9.17, 15) is 5.26 Å². The highest BCUT2D eigenvalue weighted by atomic mass is 79.9. The predicted octanol–water partition coefficient (Wildman–Crippen LogP) is 4.47. The van der Waals surface area contributed by atoms with Gasteiger partial charge in [-0.3, -0.25) is 0 Å². The van der Waals surface area contributed by atoms with E-state index in [-0.39, 0.29) is 5.60 Å². The number of anilines is 1. The SMILES string of the molecule is CCC1(CC)CC(Nc2ccc(Br)cc2C#N)CCO1. The Labute approximate surface area is 129 Å². The number of hydrogen-bond donors (Lipinski definition) is 1. The second-order valence-electron chi connectivity index (χ2n) is 5.37. The van der Waals surface area contributed by atoms with E-state index in [1.807, 2.05) is 18.2 Å². The van der Waals surface area contributed by atoms with Gasteiger partial charge in [0, 0.05) is 17.1 Å². The maximum absolute atomic E-state index is 9.23. The van der Waals surface area contributed by atoms with Crippen molar-refractivity contribution in [3.8, 4) is 6.07 Å². The van der Waals surface area contributed by atoms with Crippen LogP contribution < -0.4 is 5.32 Å². The third kappa shape index (κ3) is 3.34. The topological polar surface area (TPSA) is 45.0 Å². The molecule has 3 nitrogen and oxygen atoms in total. The second-order valence-corrected chi connectivity index (χ2v) is 6.29. The molecule has 1 saturated heterocycles. The maximum atomic E-state index is 9.23. The van der Waals surface area contributed by atoms with Gasteiger partial charge in [0.15, 0.2) is 0 Å². The minimum Gasteiger partial charge on any atom is -0.381 e. The average molecular weight is 337 g/mol. The molecule has 0 bridgehead atoms. The fourth-order valence-electron chi connectivity index (χ4n) is 2.85. The summed E-state index contributed by atoms with van der Waals surface area (Å²) in [5.74, 6) is 0. The number of rotatable bonds is 4. The molecule has 2 rings (SSSR count). The molecule has 1 N–H and O–H groups in total. The smallest absolute Gasteiger partial charge is 0.101 e. The third-order valence-corrected chi connectivity index (χ3v) is 4.74. The van der Waals surface area contributed by atoms with Crippen molar-refractivity contribution in [2.75, 3.05) is 11.9 Å². The summed E-state index contributed by atoms with van der Waals surface area (Å²) in [5.41, 5.74) is 1.60. The molecule has 1 aliphatic rings. The van der Waals surface area contributed by atoms with Crippen LogP contribution in [0.15, 0.2) is 22.7 Å². The zero-order valence-corrected chi connectivity index (χ0v) is 13.7. The van der Waals surface area contributed by atoms with Crippen LogP contribution in [0.3, 0.4) is 0 Å². The highest BCUT2D eigenvalue weighted by molar-refractivity contribution is 9.10. The zero-order chi connectivity index (χ0) is 14.6. The van der Waals surface area contributed by atoms with Crippen molar-refractivity contribution in [3.63, 3.8) is 0 Å². The number of halogens is 1. The second kappa shape index (κ2) is 6.60. The van der Waals surface area contributed by atoms with Gasteiger partial charge in [-0.2, -0.15) is 5.26 Å². The van der Waals surface area contributed by atoms with Gasteiger partial charge in [-0.05, 0) is 43.9 Å². The molecule has 0 saturated carbocycles. The molecule has 0 spiro atoms. The third-order valence-electron chi connectivity index (χ3n) is 4.24. The molecular weight excluding hydrogens is 316 g/mol. The normalized spacial score (nSPS) is 21.2. The van der Waals surface area contributed by atoms with Gasteiger partial charge < -0.3 is 10.1 Å². The summed E-state index contributed by atoms with van der Waals surface area (Å²) in [5, 5.41) is 12.8. The summed E-state index contributed by atoms with van der Waals surface area (Å²) >= 11 is 3.40. The van der Waals surface area contributed by atoms with Gasteiger partial charge in [0.1, 0.15) is 6.07 Å². The summed E-state index contributed by atoms with van der Waals surface area (Å²) in [7, 11) is 0. The lowest BCUT2D eigenvalue weighted by atomic mass is 9.86. The lowest BCUT2D eigenvalue weighted by Gasteiger charge is -2.40. The lowest BCUT2D eigenvalue weighted by Crippen LogP contribution is -2.43. The van der Waals surface area contributed by atoms with Crippen LogP contribution in [0.5, 0.6) is 0 Å². The van der Waals surface area contributed by atoms with Crippen LogP contribution in [0.2, 0.25) is 0 Å². The van der Waals surface area contributed by atoms with Crippen molar-refractivity contribution >= 4 is 21.6 Å². The predicted molar refractivity (Wildman–Crippen MR) is 84.8 cm³/mol. The van der Waals surface area contributed by atoms with Crippen molar-refractivity contribution < 1.29 is 4.74 Å². The molecule has 0 amide bonds. The molecule has 0 aromatic heterocycles. The molecule has 1 heterocycles. The largest absolute Gasteiger partial charge is 0.381 e. The number of nitriles is 1. The Morgan fingerprint density at radius 2 is 2.20 bits per heavy atom. The van der Waals surface area contributed by atoms with Crippen LogP contribution in [0.4, 0.5) is 5.69 Å². The first-order valence-electron chi connectivity index (χ1n) is 7.22. The van der Waals surface area contributed by atoms with E-state index in [2.05, 4.69) is 41.2 Å². The molecule has 1 aliphatic heterocycles. The Hall–Kier alpha value is -1.05. The molecule has 1 unspecified atom stereocenters. The van der Waals surface area contributed by atoms with Gasteiger partial charge in [0.2, 0.25) is 0 Å². The lowest BCUT2D eigenvalue weighted by molar-refractivity contribution is -0.0864. The van der Waals surface area contributed by atoms with Crippen LogP contribution >= 0.6 is 15.9 Å². The Bertz CT molecular complexity index is 506. The van der Waals surface area contributed by atoms with Gasteiger partial charge in [-0.25, -0.2) is 0 Å². The number of hydrogen-bond acceptors (Lipinski definition) is 3. The Morgan fingerprint density at radius 3 is 2.85 bits per heavy atom. The van der Waals surface area contributed by atoms with E-state index in [0.29, 0.717) is 11.6 Å². The Kier molecular flexibility index (Phi) is 5.06. The minimum absolute atomic E-state index is 0.00190. The van der Waals surface area contributed by atoms with Crippen LogP contribution in [0.1, 0.15) is 45.1 Å². The first kappa shape index (κ1) is 15.3. The number of nitrogens with zero attached hydrogens (tertiary/aromatic N) is 1. The first-order valence-corrected chi connectivity index (χ1v) is 8.02. The molecule has 1 atom stereocenters. The molecule has 0 aliphatic carbocycles. The molecular formula is C16H21BrN2O. The summed E-state index contributed by atoms with van der Waals surface area (Å²) in [6.45, 7) is 5.16. The van der Waals surface area contributed by atoms with E-state index in [1.54, 1.807) is 0 Å². The number of nitrogens with one attached hydrogen (secondary N) is 1. The fraction of sp³-hybridized carbons (Fsp3) is 0.562. The maximum Gasteiger partial charge on any atom is 0.101 e. The van der Waals surface area contributed by atoms with E-state index in [4.69, 9.17) is 4.74 Å². The quantitative estimate of drug-likeness (QED) is 0.882. The fourth-order valence-corrected chi connectivity index (χ4v) is 3.21. The average Bonchev–Trinajstić information content (AvgIpc) is 2.49. The molecule has 0 radical (unpaired) electrons. The van der Waals surface area contributed by atoms with Crippen molar-refractivity contribution in [1.29, 1.82) is 5.26 Å². The van der Waals surface area contributed by atoms with Crippen molar-refractivity contribution in [2.24, 2.45) is 0 Å². The minimum atomic E-state index is -0.00190. The van der Waals surface area contributed by atoms with E-state index in [1.165, 1.54) is 0 Å². The van der Waals surface area contributed by atoms with Gasteiger partial charge in [0.25, 0.3) is 0 Å². The van der Waals surface area contributed by atoms with Crippen molar-refractivity contribution in [2.45, 2.75) is 51.2 Å². The molecule has 1 aromatic rings. The highest BCUT2D eigenvalue weighted by Crippen LogP contribution is 2.33. The summed E-state index contributed by atoms with van der Waals surface area (Å²) in [6.07, 6.45) is 4.06. The highest BCUT2D eigenvalue weighted by Gasteiger charge is 2.34. The standard InChI is InChI=1S/C16H21BrN2O/c1-3-16(4-2)10-14(7-8-20-16)19-15-6-5-13(17)9-12(15)11-18/h5-6,9,14,19H,3-4,7-8,10H2,1-2H3. The van der Waals surface area contributed by atoms with Gasteiger partial charge >= 0.3 is 0 Å². The Morgan fingerprint density at radius 1 is 1.45 bits per heavy atom. The van der Waals surface area contributed by atoms with Gasteiger partial charge in [0.05, 0.1) is 16.9 Å². The first-order chi connectivity index (χ1) is 9.62. The molecule has 20 heavy (non-hydrogen) atoms.